The Kier molecular flexibility index (Phi) is 6.17. The highest BCUT2D eigenvalue weighted by atomic mass is 16.5. The van der Waals surface area contributed by atoms with Crippen LogP contribution in [0.2, 0.25) is 0 Å². The topological polar surface area (TPSA) is 86.1 Å². The largest absolute Gasteiger partial charge is 0.465 e. The van der Waals surface area contributed by atoms with E-state index in [2.05, 4.69) is 10.3 Å². The Hall–Kier alpha value is -4.52. The third-order valence-electron chi connectivity index (χ3n) is 4.70. The van der Waals surface area contributed by atoms with Crippen molar-refractivity contribution in [2.24, 2.45) is 0 Å². The van der Waals surface area contributed by atoms with Crippen LogP contribution >= 0.6 is 0 Å². The number of esters is 1. The van der Waals surface area contributed by atoms with Gasteiger partial charge in [0.25, 0.3) is 0 Å². The van der Waals surface area contributed by atoms with E-state index in [4.69, 9.17) is 9.84 Å². The van der Waals surface area contributed by atoms with Crippen molar-refractivity contribution in [3.8, 4) is 16.9 Å². The molecule has 0 spiro atoms. The van der Waals surface area contributed by atoms with Crippen LogP contribution in [0.25, 0.3) is 23.0 Å². The van der Waals surface area contributed by atoms with Gasteiger partial charge in [0.1, 0.15) is 5.69 Å². The molecule has 0 fully saturated rings. The molecule has 0 aliphatic heterocycles. The Balaban J connectivity index is 1.63. The number of para-hydroxylation sites is 2. The molecule has 7 nitrogen and oxygen atoms in total. The van der Waals surface area contributed by atoms with Gasteiger partial charge < -0.3 is 10.1 Å². The van der Waals surface area contributed by atoms with Gasteiger partial charge >= 0.3 is 5.97 Å². The van der Waals surface area contributed by atoms with E-state index in [-0.39, 0.29) is 11.5 Å². The molecule has 158 valence electrons. The van der Waals surface area contributed by atoms with Gasteiger partial charge in [-0.15, -0.1) is 0 Å². The summed E-state index contributed by atoms with van der Waals surface area (Å²) in [5.41, 5.74) is 3.83. The fourth-order valence-electron chi connectivity index (χ4n) is 3.17. The smallest absolute Gasteiger partial charge is 0.339 e. The van der Waals surface area contributed by atoms with E-state index in [1.54, 1.807) is 47.4 Å². The summed E-state index contributed by atoms with van der Waals surface area (Å²) < 4.78 is 6.53. The van der Waals surface area contributed by atoms with Crippen LogP contribution in [0.5, 0.6) is 0 Å². The van der Waals surface area contributed by atoms with Gasteiger partial charge in [-0.3, -0.25) is 9.78 Å². The molecule has 1 amide bonds. The molecular weight excluding hydrogens is 404 g/mol. The van der Waals surface area contributed by atoms with Crippen molar-refractivity contribution >= 4 is 23.6 Å². The van der Waals surface area contributed by atoms with Crippen molar-refractivity contribution in [2.45, 2.75) is 0 Å². The number of methoxy groups -OCH3 is 1. The summed E-state index contributed by atoms with van der Waals surface area (Å²) in [6, 6.07) is 20.1. The molecule has 32 heavy (non-hydrogen) atoms. The van der Waals surface area contributed by atoms with Crippen molar-refractivity contribution < 1.29 is 14.3 Å². The fourth-order valence-corrected chi connectivity index (χ4v) is 3.17. The molecule has 1 N–H and O–H groups in total. The van der Waals surface area contributed by atoms with Crippen LogP contribution in [0.15, 0.2) is 91.4 Å². The Morgan fingerprint density at radius 3 is 2.53 bits per heavy atom. The maximum atomic E-state index is 12.6. The van der Waals surface area contributed by atoms with Crippen molar-refractivity contribution in [1.82, 2.24) is 14.8 Å². The number of amides is 1. The van der Waals surface area contributed by atoms with Gasteiger partial charge in [-0.1, -0.05) is 30.3 Å². The summed E-state index contributed by atoms with van der Waals surface area (Å²) in [4.78, 5) is 28.7. The van der Waals surface area contributed by atoms with Gasteiger partial charge in [0.15, 0.2) is 0 Å². The molecule has 4 aromatic rings. The predicted octanol–water partition coefficient (Wildman–Crippen LogP) is 4.37. The lowest BCUT2D eigenvalue weighted by atomic mass is 10.1. The second kappa shape index (κ2) is 9.53. The summed E-state index contributed by atoms with van der Waals surface area (Å²) in [7, 11) is 1.30. The lowest BCUT2D eigenvalue weighted by Crippen LogP contribution is -2.12. The van der Waals surface area contributed by atoms with Gasteiger partial charge in [-0.2, -0.15) is 5.10 Å². The number of rotatable bonds is 6. The molecule has 2 aromatic heterocycles. The number of carbonyl (C=O) groups excluding carboxylic acids is 2. The lowest BCUT2D eigenvalue weighted by molar-refractivity contribution is -0.111. The standard InChI is InChI=1S/C25H20N4O3/c1-32-25(31)21-11-5-6-12-22(21)27-23(30)14-13-19-17-29(20-9-3-2-4-10-20)28-24(19)18-8-7-15-26-16-18/h2-17H,1H3,(H,27,30)/b14-13+. The monoisotopic (exact) mass is 424 g/mol. The molecule has 0 unspecified atom stereocenters. The Morgan fingerprint density at radius 2 is 1.78 bits per heavy atom. The van der Waals surface area contributed by atoms with E-state index in [1.807, 2.05) is 48.7 Å². The maximum Gasteiger partial charge on any atom is 0.339 e. The summed E-state index contributed by atoms with van der Waals surface area (Å²) in [5.74, 6) is -0.904. The fraction of sp³-hybridized carbons (Fsp3) is 0.0400. The minimum atomic E-state index is -0.520. The highest BCUT2D eigenvalue weighted by molar-refractivity contribution is 6.06. The number of aromatic nitrogens is 3. The zero-order valence-corrected chi connectivity index (χ0v) is 17.3. The molecule has 0 radical (unpaired) electrons. The normalized spacial score (nSPS) is 10.8. The number of nitrogens with one attached hydrogen (secondary N) is 1. The molecule has 2 aromatic carbocycles. The molecular formula is C25H20N4O3. The number of hydrogen-bond acceptors (Lipinski definition) is 5. The van der Waals surface area contributed by atoms with Crippen LogP contribution < -0.4 is 5.32 Å². The third-order valence-corrected chi connectivity index (χ3v) is 4.70. The quantitative estimate of drug-likeness (QED) is 0.367. The van der Waals surface area contributed by atoms with Crippen molar-refractivity contribution in [2.75, 3.05) is 12.4 Å². The van der Waals surface area contributed by atoms with Crippen LogP contribution in [0.1, 0.15) is 15.9 Å². The Labute approximate surface area is 185 Å². The zero-order valence-electron chi connectivity index (χ0n) is 17.3. The summed E-state index contributed by atoms with van der Waals surface area (Å²) in [6.07, 6.45) is 8.36. The molecule has 2 heterocycles. The Morgan fingerprint density at radius 1 is 1.00 bits per heavy atom. The first-order chi connectivity index (χ1) is 15.7. The van der Waals surface area contributed by atoms with Crippen LogP contribution in [-0.4, -0.2) is 33.8 Å². The minimum absolute atomic E-state index is 0.282. The predicted molar refractivity (Wildman–Crippen MR) is 122 cm³/mol. The first-order valence-electron chi connectivity index (χ1n) is 9.87. The lowest BCUT2D eigenvalue weighted by Gasteiger charge is -2.07. The molecule has 0 saturated heterocycles. The van der Waals surface area contributed by atoms with Crippen molar-refractivity contribution in [3.05, 3.63) is 103 Å². The Bertz CT molecular complexity index is 1260. The van der Waals surface area contributed by atoms with Gasteiger partial charge in [0.2, 0.25) is 5.91 Å². The summed E-state index contributed by atoms with van der Waals surface area (Å²) in [6.45, 7) is 0. The molecule has 0 saturated carbocycles. The number of anilines is 1. The minimum Gasteiger partial charge on any atom is -0.465 e. The van der Waals surface area contributed by atoms with E-state index in [0.29, 0.717) is 11.4 Å². The van der Waals surface area contributed by atoms with Gasteiger partial charge in [-0.25, -0.2) is 9.48 Å². The van der Waals surface area contributed by atoms with E-state index in [1.165, 1.54) is 13.2 Å². The third kappa shape index (κ3) is 4.62. The second-order valence-corrected chi connectivity index (χ2v) is 6.81. The zero-order chi connectivity index (χ0) is 22.3. The number of benzene rings is 2. The van der Waals surface area contributed by atoms with Crippen LogP contribution in [0.4, 0.5) is 5.69 Å². The van der Waals surface area contributed by atoms with Crippen LogP contribution in [-0.2, 0) is 9.53 Å². The highest BCUT2D eigenvalue weighted by Crippen LogP contribution is 2.24. The van der Waals surface area contributed by atoms with Gasteiger partial charge in [-0.05, 0) is 42.5 Å². The average Bonchev–Trinajstić information content (AvgIpc) is 3.28. The van der Waals surface area contributed by atoms with Gasteiger partial charge in [0, 0.05) is 35.8 Å². The average molecular weight is 424 g/mol. The first-order valence-corrected chi connectivity index (χ1v) is 9.87. The summed E-state index contributed by atoms with van der Waals surface area (Å²) in [5, 5.41) is 7.42. The molecule has 4 rings (SSSR count). The van der Waals surface area contributed by atoms with E-state index >= 15 is 0 Å². The molecule has 0 aliphatic rings. The van der Waals surface area contributed by atoms with E-state index < -0.39 is 5.97 Å². The number of hydrogen-bond donors (Lipinski definition) is 1. The molecule has 0 bridgehead atoms. The first kappa shape index (κ1) is 20.7. The van der Waals surface area contributed by atoms with E-state index in [9.17, 15) is 9.59 Å². The van der Waals surface area contributed by atoms with Crippen molar-refractivity contribution in [1.29, 1.82) is 0 Å². The number of ether oxygens (including phenoxy) is 1. The number of nitrogens with zero attached hydrogens (tertiary/aromatic N) is 3. The van der Waals surface area contributed by atoms with E-state index in [0.717, 1.165) is 16.8 Å². The maximum absolute atomic E-state index is 12.6. The van der Waals surface area contributed by atoms with Gasteiger partial charge in [0.05, 0.1) is 24.0 Å². The second-order valence-electron chi connectivity index (χ2n) is 6.81. The number of carbonyl (C=O) groups is 2. The molecule has 0 aliphatic carbocycles. The van der Waals surface area contributed by atoms with Crippen LogP contribution in [0.3, 0.4) is 0 Å². The molecule has 7 heteroatoms. The highest BCUT2D eigenvalue weighted by Gasteiger charge is 2.13. The molecule has 0 atom stereocenters. The van der Waals surface area contributed by atoms with Crippen LogP contribution in [0, 0.1) is 0 Å². The summed E-state index contributed by atoms with van der Waals surface area (Å²) >= 11 is 0. The van der Waals surface area contributed by atoms with Crippen molar-refractivity contribution in [3.63, 3.8) is 0 Å². The number of pyridine rings is 1. The SMILES string of the molecule is COC(=O)c1ccccc1NC(=O)/C=C/c1cn(-c2ccccc2)nc1-c1cccnc1.